The number of aryl methyl sites for hydroxylation is 1. The molecule has 0 heterocycles. The fourth-order valence-corrected chi connectivity index (χ4v) is 2.41. The Morgan fingerprint density at radius 1 is 1.13 bits per heavy atom. The molecule has 0 saturated heterocycles. The molecule has 0 spiro atoms. The van der Waals surface area contributed by atoms with Gasteiger partial charge in [0.1, 0.15) is 11.5 Å². The number of anilines is 1. The summed E-state index contributed by atoms with van der Waals surface area (Å²) in [5, 5.41) is 3.95. The Kier molecular flexibility index (Phi) is 5.82. The molecule has 2 rings (SSSR count). The minimum absolute atomic E-state index is 0.644. The standard InChI is InChI=1S/C18H22N2O2S/c1-13-7-5-6-8-16(13)19-18(23)20(2)12-14-9-10-15(21-3)11-17(14)22-4/h5-11H,12H2,1-4H3,(H,19,23). The summed E-state index contributed by atoms with van der Waals surface area (Å²) in [7, 11) is 5.25. The van der Waals surface area contributed by atoms with Crippen molar-refractivity contribution in [1.82, 2.24) is 4.90 Å². The van der Waals surface area contributed by atoms with Crippen LogP contribution < -0.4 is 14.8 Å². The van der Waals surface area contributed by atoms with E-state index in [0.29, 0.717) is 11.7 Å². The molecule has 0 radical (unpaired) electrons. The second-order valence-electron chi connectivity index (χ2n) is 5.28. The summed E-state index contributed by atoms with van der Waals surface area (Å²) in [6.07, 6.45) is 0. The first-order valence-electron chi connectivity index (χ1n) is 7.33. The molecule has 2 aromatic rings. The first-order valence-corrected chi connectivity index (χ1v) is 7.74. The monoisotopic (exact) mass is 330 g/mol. The quantitative estimate of drug-likeness (QED) is 0.843. The van der Waals surface area contributed by atoms with Crippen LogP contribution in [-0.2, 0) is 6.54 Å². The van der Waals surface area contributed by atoms with E-state index in [4.69, 9.17) is 21.7 Å². The van der Waals surface area contributed by atoms with Crippen LogP contribution in [0.4, 0.5) is 5.69 Å². The fraction of sp³-hybridized carbons (Fsp3) is 0.278. The van der Waals surface area contributed by atoms with Gasteiger partial charge in [0.15, 0.2) is 5.11 Å². The lowest BCUT2D eigenvalue weighted by Crippen LogP contribution is -2.30. The molecule has 0 unspecified atom stereocenters. The first-order chi connectivity index (χ1) is 11.0. The van der Waals surface area contributed by atoms with Crippen LogP contribution in [0.3, 0.4) is 0 Å². The van der Waals surface area contributed by atoms with Gasteiger partial charge in [0.2, 0.25) is 0 Å². The van der Waals surface area contributed by atoms with Crippen LogP contribution in [-0.4, -0.2) is 31.3 Å². The molecule has 5 heteroatoms. The van der Waals surface area contributed by atoms with Gasteiger partial charge < -0.3 is 19.7 Å². The molecule has 1 N–H and O–H groups in total. The van der Waals surface area contributed by atoms with Gasteiger partial charge in [-0.15, -0.1) is 0 Å². The molecular formula is C18H22N2O2S. The van der Waals surface area contributed by atoms with Crippen molar-refractivity contribution in [2.24, 2.45) is 0 Å². The van der Waals surface area contributed by atoms with Gasteiger partial charge in [-0.1, -0.05) is 18.2 Å². The molecule has 0 fully saturated rings. The predicted octanol–water partition coefficient (Wildman–Crippen LogP) is 3.84. The van der Waals surface area contributed by atoms with Crippen molar-refractivity contribution in [2.75, 3.05) is 26.6 Å². The van der Waals surface area contributed by atoms with E-state index in [9.17, 15) is 0 Å². The van der Waals surface area contributed by atoms with Crippen LogP contribution in [0.5, 0.6) is 11.5 Å². The molecule has 2 aromatic carbocycles. The number of methoxy groups -OCH3 is 2. The van der Waals surface area contributed by atoms with E-state index in [-0.39, 0.29) is 0 Å². The Balaban J connectivity index is 2.08. The third-order valence-electron chi connectivity index (χ3n) is 3.64. The molecule has 0 atom stereocenters. The fourth-order valence-electron chi connectivity index (χ4n) is 2.23. The van der Waals surface area contributed by atoms with Crippen molar-refractivity contribution in [3.63, 3.8) is 0 Å². The average molecular weight is 330 g/mol. The lowest BCUT2D eigenvalue weighted by atomic mass is 10.2. The highest BCUT2D eigenvalue weighted by atomic mass is 32.1. The van der Waals surface area contributed by atoms with Crippen LogP contribution in [0.25, 0.3) is 0 Å². The Morgan fingerprint density at radius 3 is 2.52 bits per heavy atom. The summed E-state index contributed by atoms with van der Waals surface area (Å²) in [5.74, 6) is 1.56. The van der Waals surface area contributed by atoms with Crippen molar-refractivity contribution in [1.29, 1.82) is 0 Å². The minimum Gasteiger partial charge on any atom is -0.497 e. The van der Waals surface area contributed by atoms with Gasteiger partial charge >= 0.3 is 0 Å². The highest BCUT2D eigenvalue weighted by molar-refractivity contribution is 7.80. The van der Waals surface area contributed by atoms with E-state index in [0.717, 1.165) is 28.3 Å². The van der Waals surface area contributed by atoms with Gasteiger partial charge in [-0.3, -0.25) is 0 Å². The Hall–Kier alpha value is -2.27. The highest BCUT2D eigenvalue weighted by Crippen LogP contribution is 2.25. The van der Waals surface area contributed by atoms with Gasteiger partial charge in [-0.05, 0) is 42.9 Å². The van der Waals surface area contributed by atoms with Crippen molar-refractivity contribution in [3.05, 3.63) is 53.6 Å². The van der Waals surface area contributed by atoms with Crippen molar-refractivity contribution in [3.8, 4) is 11.5 Å². The second kappa shape index (κ2) is 7.83. The number of nitrogens with zero attached hydrogens (tertiary/aromatic N) is 1. The van der Waals surface area contributed by atoms with E-state index >= 15 is 0 Å². The number of ether oxygens (including phenoxy) is 2. The van der Waals surface area contributed by atoms with Crippen LogP contribution in [0.1, 0.15) is 11.1 Å². The molecule has 122 valence electrons. The Bertz CT molecular complexity index is 688. The molecule has 0 aliphatic rings. The normalized spacial score (nSPS) is 10.1. The van der Waals surface area contributed by atoms with Gasteiger partial charge in [-0.2, -0.15) is 0 Å². The van der Waals surface area contributed by atoms with Crippen LogP contribution in [0.15, 0.2) is 42.5 Å². The summed E-state index contributed by atoms with van der Waals surface area (Å²) >= 11 is 5.49. The largest absolute Gasteiger partial charge is 0.497 e. The summed E-state index contributed by atoms with van der Waals surface area (Å²) in [6.45, 7) is 2.70. The van der Waals surface area contributed by atoms with E-state index in [1.54, 1.807) is 14.2 Å². The first kappa shape index (κ1) is 17.1. The summed E-state index contributed by atoms with van der Waals surface area (Å²) in [4.78, 5) is 1.98. The second-order valence-corrected chi connectivity index (χ2v) is 5.67. The Labute approximate surface area is 143 Å². The molecule has 23 heavy (non-hydrogen) atoms. The SMILES string of the molecule is COc1ccc(CN(C)C(=S)Nc2ccccc2C)c(OC)c1. The van der Waals surface area contributed by atoms with Gasteiger partial charge in [0, 0.05) is 30.9 Å². The molecule has 0 bridgehead atoms. The maximum absolute atomic E-state index is 5.49. The zero-order valence-corrected chi connectivity index (χ0v) is 14.7. The topological polar surface area (TPSA) is 33.7 Å². The predicted molar refractivity (Wildman–Crippen MR) is 98.4 cm³/mol. The number of benzene rings is 2. The highest BCUT2D eigenvalue weighted by Gasteiger charge is 2.11. The smallest absolute Gasteiger partial charge is 0.173 e. The molecule has 0 aliphatic heterocycles. The number of para-hydroxylation sites is 1. The number of thiocarbonyl (C=S) groups is 1. The lowest BCUT2D eigenvalue weighted by molar-refractivity contribution is 0.384. The number of hydrogen-bond acceptors (Lipinski definition) is 3. The summed E-state index contributed by atoms with van der Waals surface area (Å²) in [5.41, 5.74) is 3.22. The lowest BCUT2D eigenvalue weighted by Gasteiger charge is -2.23. The molecule has 0 aliphatic carbocycles. The molecular weight excluding hydrogens is 308 g/mol. The zero-order chi connectivity index (χ0) is 16.8. The Morgan fingerprint density at radius 2 is 1.87 bits per heavy atom. The van der Waals surface area contributed by atoms with Crippen LogP contribution in [0, 0.1) is 6.92 Å². The summed E-state index contributed by atoms with van der Waals surface area (Å²) < 4.78 is 10.7. The van der Waals surface area contributed by atoms with Gasteiger partial charge in [0.25, 0.3) is 0 Å². The maximum Gasteiger partial charge on any atom is 0.173 e. The maximum atomic E-state index is 5.49. The van der Waals surface area contributed by atoms with Crippen LogP contribution >= 0.6 is 12.2 Å². The number of rotatable bonds is 5. The minimum atomic E-state index is 0.644. The van der Waals surface area contributed by atoms with Crippen molar-refractivity contribution >= 4 is 23.0 Å². The third-order valence-corrected chi connectivity index (χ3v) is 4.05. The average Bonchev–Trinajstić information content (AvgIpc) is 2.57. The molecule has 4 nitrogen and oxygen atoms in total. The van der Waals surface area contributed by atoms with E-state index in [2.05, 4.69) is 18.3 Å². The van der Waals surface area contributed by atoms with Gasteiger partial charge in [-0.25, -0.2) is 0 Å². The molecule has 0 saturated carbocycles. The van der Waals surface area contributed by atoms with Crippen molar-refractivity contribution < 1.29 is 9.47 Å². The van der Waals surface area contributed by atoms with E-state index < -0.39 is 0 Å². The molecule has 0 amide bonds. The summed E-state index contributed by atoms with van der Waals surface area (Å²) in [6, 6.07) is 13.9. The number of hydrogen-bond donors (Lipinski definition) is 1. The van der Waals surface area contributed by atoms with Crippen molar-refractivity contribution in [2.45, 2.75) is 13.5 Å². The van der Waals surface area contributed by atoms with E-state index in [1.807, 2.05) is 48.3 Å². The third kappa shape index (κ3) is 4.36. The van der Waals surface area contributed by atoms with Gasteiger partial charge in [0.05, 0.1) is 14.2 Å². The van der Waals surface area contributed by atoms with E-state index in [1.165, 1.54) is 0 Å². The number of nitrogens with one attached hydrogen (secondary N) is 1. The van der Waals surface area contributed by atoms with Crippen LogP contribution in [0.2, 0.25) is 0 Å². The molecule has 0 aromatic heterocycles. The zero-order valence-electron chi connectivity index (χ0n) is 13.9.